The Morgan fingerprint density at radius 3 is 2.00 bits per heavy atom. The molecule has 0 spiro atoms. The Kier molecular flexibility index (Phi) is 4.66. The van der Waals surface area contributed by atoms with Crippen molar-refractivity contribution in [3.05, 3.63) is 34.9 Å². The molecule has 1 aromatic carbocycles. The number of nitrogens with zero attached hydrogens (tertiary/aromatic N) is 1. The fourth-order valence-corrected chi connectivity index (χ4v) is 3.30. The summed E-state index contributed by atoms with van der Waals surface area (Å²) in [4.78, 5) is 2.69. The minimum Gasteiger partial charge on any atom is -0.324 e. The predicted octanol–water partition coefficient (Wildman–Crippen LogP) is 3.82. The lowest BCUT2D eigenvalue weighted by Gasteiger charge is -2.24. The predicted molar refractivity (Wildman–Crippen MR) is 89.3 cm³/mol. The van der Waals surface area contributed by atoms with E-state index < -0.39 is 0 Å². The summed E-state index contributed by atoms with van der Waals surface area (Å²) < 4.78 is 0. The van der Waals surface area contributed by atoms with Crippen molar-refractivity contribution in [2.75, 3.05) is 19.6 Å². The Balaban J connectivity index is 1.53. The average molecular weight is 286 g/mol. The molecule has 0 amide bonds. The quantitative estimate of drug-likeness (QED) is 0.787. The summed E-state index contributed by atoms with van der Waals surface area (Å²) in [5.74, 6) is 1.97. The van der Waals surface area contributed by atoms with Gasteiger partial charge in [0.1, 0.15) is 0 Å². The summed E-state index contributed by atoms with van der Waals surface area (Å²) in [5.41, 5.74) is 10.4. The zero-order chi connectivity index (χ0) is 14.8. The molecule has 1 unspecified atom stereocenters. The van der Waals surface area contributed by atoms with E-state index in [-0.39, 0.29) is 6.04 Å². The third-order valence-electron chi connectivity index (χ3n) is 4.86. The van der Waals surface area contributed by atoms with Crippen LogP contribution in [0.5, 0.6) is 0 Å². The highest BCUT2D eigenvalue weighted by molar-refractivity contribution is 5.30. The van der Waals surface area contributed by atoms with Crippen LogP contribution in [0.4, 0.5) is 0 Å². The van der Waals surface area contributed by atoms with E-state index in [2.05, 4.69) is 36.9 Å². The molecule has 2 aliphatic carbocycles. The molecule has 2 nitrogen and oxygen atoms in total. The van der Waals surface area contributed by atoms with Crippen LogP contribution in [-0.2, 0) is 0 Å². The van der Waals surface area contributed by atoms with Crippen LogP contribution >= 0.6 is 0 Å². The van der Waals surface area contributed by atoms with E-state index in [1.165, 1.54) is 62.0 Å². The first-order chi connectivity index (χ1) is 10.1. The van der Waals surface area contributed by atoms with Gasteiger partial charge < -0.3 is 10.6 Å². The maximum Gasteiger partial charge on any atom is 0.0307 e. The van der Waals surface area contributed by atoms with Gasteiger partial charge in [-0.05, 0) is 69.9 Å². The van der Waals surface area contributed by atoms with Gasteiger partial charge in [-0.3, -0.25) is 0 Å². The third-order valence-corrected chi connectivity index (χ3v) is 4.86. The molecule has 2 heteroatoms. The summed E-state index contributed by atoms with van der Waals surface area (Å²) in [6.07, 6.45) is 6.88. The van der Waals surface area contributed by atoms with Crippen LogP contribution in [0, 0.1) is 25.7 Å². The number of nitrogens with two attached hydrogens (primary N) is 1. The van der Waals surface area contributed by atoms with E-state index in [0.29, 0.717) is 0 Å². The maximum absolute atomic E-state index is 6.45. The molecule has 0 heterocycles. The van der Waals surface area contributed by atoms with E-state index in [9.17, 15) is 0 Å². The normalized spacial score (nSPS) is 20.0. The van der Waals surface area contributed by atoms with Crippen molar-refractivity contribution in [3.63, 3.8) is 0 Å². The monoisotopic (exact) mass is 286 g/mol. The molecule has 0 saturated heterocycles. The molecule has 21 heavy (non-hydrogen) atoms. The van der Waals surface area contributed by atoms with Crippen LogP contribution in [0.1, 0.15) is 54.8 Å². The second-order valence-corrected chi connectivity index (χ2v) is 7.46. The highest BCUT2D eigenvalue weighted by Crippen LogP contribution is 2.34. The van der Waals surface area contributed by atoms with E-state index in [1.54, 1.807) is 0 Å². The summed E-state index contributed by atoms with van der Waals surface area (Å²) in [5, 5.41) is 0. The fourth-order valence-electron chi connectivity index (χ4n) is 3.30. The van der Waals surface area contributed by atoms with Gasteiger partial charge in [0.05, 0.1) is 0 Å². The molecule has 0 aliphatic heterocycles. The Morgan fingerprint density at radius 1 is 1.00 bits per heavy atom. The highest BCUT2D eigenvalue weighted by atomic mass is 15.1. The van der Waals surface area contributed by atoms with Gasteiger partial charge in [-0.1, -0.05) is 29.3 Å². The molecule has 0 aromatic heterocycles. The zero-order valence-electron chi connectivity index (χ0n) is 13.6. The lowest BCUT2D eigenvalue weighted by Crippen LogP contribution is -2.31. The number of hydrogen-bond acceptors (Lipinski definition) is 2. The van der Waals surface area contributed by atoms with Crippen molar-refractivity contribution in [1.29, 1.82) is 0 Å². The molecule has 3 rings (SSSR count). The van der Waals surface area contributed by atoms with Gasteiger partial charge in [-0.25, -0.2) is 0 Å². The smallest absolute Gasteiger partial charge is 0.0307 e. The van der Waals surface area contributed by atoms with Gasteiger partial charge in [0.25, 0.3) is 0 Å². The highest BCUT2D eigenvalue weighted by Gasteiger charge is 2.29. The lowest BCUT2D eigenvalue weighted by atomic mass is 9.99. The Morgan fingerprint density at radius 2 is 1.52 bits per heavy atom. The third kappa shape index (κ3) is 4.82. The molecule has 0 radical (unpaired) electrons. The van der Waals surface area contributed by atoms with Crippen molar-refractivity contribution in [2.24, 2.45) is 17.6 Å². The van der Waals surface area contributed by atoms with Crippen LogP contribution in [0.25, 0.3) is 0 Å². The first-order valence-corrected chi connectivity index (χ1v) is 8.66. The first kappa shape index (κ1) is 15.1. The second-order valence-electron chi connectivity index (χ2n) is 7.46. The SMILES string of the molecule is Cc1cc(C)cc(C(N)CCN(CC2CC2)CC2CC2)c1. The second kappa shape index (κ2) is 6.50. The van der Waals surface area contributed by atoms with Crippen molar-refractivity contribution in [2.45, 2.75) is 52.0 Å². The zero-order valence-corrected chi connectivity index (χ0v) is 13.6. The van der Waals surface area contributed by atoms with Crippen LogP contribution in [0.3, 0.4) is 0 Å². The van der Waals surface area contributed by atoms with Crippen molar-refractivity contribution in [1.82, 2.24) is 4.90 Å². The van der Waals surface area contributed by atoms with E-state index in [0.717, 1.165) is 18.3 Å². The van der Waals surface area contributed by atoms with E-state index in [1.807, 2.05) is 0 Å². The van der Waals surface area contributed by atoms with Crippen LogP contribution in [0.2, 0.25) is 0 Å². The molecule has 2 N–H and O–H groups in total. The summed E-state index contributed by atoms with van der Waals surface area (Å²) in [6, 6.07) is 6.92. The topological polar surface area (TPSA) is 29.3 Å². The fraction of sp³-hybridized carbons (Fsp3) is 0.684. The van der Waals surface area contributed by atoms with Crippen molar-refractivity contribution < 1.29 is 0 Å². The Hall–Kier alpha value is -0.860. The standard InChI is InChI=1S/C19H30N2/c1-14-9-15(2)11-18(10-14)19(20)7-8-21(12-16-3-4-16)13-17-5-6-17/h9-11,16-17,19H,3-8,12-13,20H2,1-2H3. The Labute approximate surface area is 129 Å². The molecule has 0 bridgehead atoms. The van der Waals surface area contributed by atoms with Crippen LogP contribution < -0.4 is 5.73 Å². The summed E-state index contributed by atoms with van der Waals surface area (Å²) in [7, 11) is 0. The van der Waals surface area contributed by atoms with Gasteiger partial charge in [-0.15, -0.1) is 0 Å². The molecule has 1 aromatic rings. The molecule has 116 valence electrons. The van der Waals surface area contributed by atoms with E-state index in [4.69, 9.17) is 5.73 Å². The largest absolute Gasteiger partial charge is 0.324 e. The summed E-state index contributed by atoms with van der Waals surface area (Å²) in [6.45, 7) is 8.12. The van der Waals surface area contributed by atoms with Gasteiger partial charge in [-0.2, -0.15) is 0 Å². The lowest BCUT2D eigenvalue weighted by molar-refractivity contribution is 0.243. The van der Waals surface area contributed by atoms with Crippen LogP contribution in [0.15, 0.2) is 18.2 Å². The number of rotatable bonds is 8. The summed E-state index contributed by atoms with van der Waals surface area (Å²) >= 11 is 0. The molecule has 2 saturated carbocycles. The Bertz CT molecular complexity index is 440. The van der Waals surface area contributed by atoms with E-state index >= 15 is 0 Å². The van der Waals surface area contributed by atoms with Crippen molar-refractivity contribution >= 4 is 0 Å². The average Bonchev–Trinajstić information content (AvgIpc) is 3.30. The van der Waals surface area contributed by atoms with Crippen molar-refractivity contribution in [3.8, 4) is 0 Å². The number of aryl methyl sites for hydroxylation is 2. The molecule has 1 atom stereocenters. The minimum atomic E-state index is 0.185. The molecule has 2 fully saturated rings. The van der Waals surface area contributed by atoms with Gasteiger partial charge in [0.15, 0.2) is 0 Å². The van der Waals surface area contributed by atoms with Gasteiger partial charge in [0, 0.05) is 19.1 Å². The molecular formula is C19H30N2. The van der Waals surface area contributed by atoms with Crippen LogP contribution in [-0.4, -0.2) is 24.5 Å². The van der Waals surface area contributed by atoms with Gasteiger partial charge >= 0.3 is 0 Å². The molecular weight excluding hydrogens is 256 g/mol. The molecule has 2 aliphatic rings. The minimum absolute atomic E-state index is 0.185. The maximum atomic E-state index is 6.45. The first-order valence-electron chi connectivity index (χ1n) is 8.66. The number of hydrogen-bond donors (Lipinski definition) is 1. The van der Waals surface area contributed by atoms with Gasteiger partial charge in [0.2, 0.25) is 0 Å². The number of benzene rings is 1.